The van der Waals surface area contributed by atoms with E-state index in [1.165, 1.54) is 18.4 Å². The van der Waals surface area contributed by atoms with Crippen molar-refractivity contribution >= 4 is 23.4 Å². The smallest absolute Gasteiger partial charge is 0.267 e. The van der Waals surface area contributed by atoms with Crippen LogP contribution >= 0.6 is 0 Å². The summed E-state index contributed by atoms with van der Waals surface area (Å²) in [4.78, 5) is 48.5. The van der Waals surface area contributed by atoms with E-state index < -0.39 is 16.9 Å². The number of amides is 3. The molecule has 0 saturated heterocycles. The van der Waals surface area contributed by atoms with Crippen LogP contribution in [0.15, 0.2) is 64.0 Å². The average Bonchev–Trinajstić information content (AvgIpc) is 3.33. The number of benzene rings is 1. The van der Waals surface area contributed by atoms with Crippen LogP contribution in [0, 0.1) is 5.41 Å². The van der Waals surface area contributed by atoms with E-state index in [4.69, 9.17) is 4.42 Å². The van der Waals surface area contributed by atoms with E-state index in [2.05, 4.69) is 21.0 Å². The van der Waals surface area contributed by atoms with Gasteiger partial charge in [0.05, 0.1) is 6.26 Å². The summed E-state index contributed by atoms with van der Waals surface area (Å²) >= 11 is 0. The van der Waals surface area contributed by atoms with Crippen LogP contribution in [0.2, 0.25) is 0 Å². The summed E-state index contributed by atoms with van der Waals surface area (Å²) in [5.41, 5.74) is 0.524. The molecule has 0 bridgehead atoms. The van der Waals surface area contributed by atoms with Gasteiger partial charge in [0.25, 0.3) is 11.5 Å². The molecule has 10 heteroatoms. The van der Waals surface area contributed by atoms with Crippen molar-refractivity contribution in [2.24, 2.45) is 5.41 Å². The summed E-state index contributed by atoms with van der Waals surface area (Å²) in [7, 11) is 0. The predicted molar refractivity (Wildman–Crippen MR) is 126 cm³/mol. The predicted octanol–water partition coefficient (Wildman–Crippen LogP) is 2.03. The van der Waals surface area contributed by atoms with E-state index in [1.807, 2.05) is 20.8 Å². The Bertz CT molecular complexity index is 1210. The Morgan fingerprint density at radius 3 is 2.32 bits per heavy atom. The van der Waals surface area contributed by atoms with Crippen molar-refractivity contribution in [1.29, 1.82) is 0 Å². The highest BCUT2D eigenvalue weighted by atomic mass is 16.3. The molecule has 0 aliphatic rings. The zero-order valence-corrected chi connectivity index (χ0v) is 19.3. The van der Waals surface area contributed by atoms with Crippen molar-refractivity contribution in [1.82, 2.24) is 20.4 Å². The number of hydrogen-bond acceptors (Lipinski definition) is 6. The largest absolute Gasteiger partial charge is 0.463 e. The molecule has 1 aromatic carbocycles. The van der Waals surface area contributed by atoms with Crippen molar-refractivity contribution < 1.29 is 18.8 Å². The Kier molecular flexibility index (Phi) is 7.62. The fraction of sp³-hybridized carbons (Fsp3) is 0.292. The molecule has 0 fully saturated rings. The summed E-state index contributed by atoms with van der Waals surface area (Å²) in [6.07, 6.45) is 1.49. The van der Waals surface area contributed by atoms with Gasteiger partial charge in [-0.2, -0.15) is 5.10 Å². The fourth-order valence-corrected chi connectivity index (χ4v) is 2.81. The van der Waals surface area contributed by atoms with E-state index in [0.29, 0.717) is 22.7 Å². The maximum atomic E-state index is 12.3. The molecular formula is C24H27N5O5. The number of furan rings is 1. The van der Waals surface area contributed by atoms with Crippen molar-refractivity contribution in [3.05, 3.63) is 70.7 Å². The zero-order chi connectivity index (χ0) is 24.7. The Hall–Kier alpha value is -4.21. The molecule has 3 amide bonds. The Labute approximate surface area is 196 Å². The number of nitrogens with one attached hydrogen (secondary N) is 3. The number of rotatable bonds is 8. The van der Waals surface area contributed by atoms with E-state index in [-0.39, 0.29) is 31.4 Å². The highest BCUT2D eigenvalue weighted by Gasteiger charge is 2.21. The first-order valence-corrected chi connectivity index (χ1v) is 10.7. The van der Waals surface area contributed by atoms with Crippen LogP contribution in [0.3, 0.4) is 0 Å². The minimum Gasteiger partial charge on any atom is -0.463 e. The molecule has 0 aliphatic heterocycles. The second-order valence-electron chi connectivity index (χ2n) is 8.58. The van der Waals surface area contributed by atoms with Crippen molar-refractivity contribution in [3.63, 3.8) is 0 Å². The third-order valence-electron chi connectivity index (χ3n) is 4.75. The molecule has 2 heterocycles. The number of carbonyl (C=O) groups excluding carboxylic acids is 3. The first-order valence-electron chi connectivity index (χ1n) is 10.7. The quantitative estimate of drug-likeness (QED) is 0.436. The lowest BCUT2D eigenvalue weighted by Crippen LogP contribution is -2.38. The van der Waals surface area contributed by atoms with Crippen LogP contribution in [0.4, 0.5) is 5.69 Å². The second-order valence-corrected chi connectivity index (χ2v) is 8.58. The molecule has 3 aromatic rings. The van der Waals surface area contributed by atoms with Gasteiger partial charge in [0.2, 0.25) is 11.8 Å². The van der Waals surface area contributed by atoms with Gasteiger partial charge < -0.3 is 20.4 Å². The highest BCUT2D eigenvalue weighted by molar-refractivity contribution is 5.97. The first kappa shape index (κ1) is 24.4. The molecule has 3 N–H and O–H groups in total. The molecule has 0 saturated carbocycles. The van der Waals surface area contributed by atoms with Gasteiger partial charge >= 0.3 is 0 Å². The summed E-state index contributed by atoms with van der Waals surface area (Å²) in [6, 6.07) is 12.8. The van der Waals surface area contributed by atoms with E-state index in [0.717, 1.165) is 4.68 Å². The van der Waals surface area contributed by atoms with Crippen molar-refractivity contribution in [2.45, 2.75) is 27.3 Å². The molecule has 0 radical (unpaired) electrons. The minimum atomic E-state index is -0.521. The normalized spacial score (nSPS) is 11.0. The van der Waals surface area contributed by atoms with Gasteiger partial charge in [-0.05, 0) is 42.5 Å². The standard InChI is InChI=1S/C24H27N5O5/c1-24(2,3)23(33)27-17-8-6-16(7-9-17)22(32)26-13-12-25-20(30)15-29-21(31)11-10-18(28-29)19-5-4-14-34-19/h4-11,14H,12-13,15H2,1-3H3,(H,25,30)(H,26,32)(H,27,33). The van der Waals surface area contributed by atoms with Crippen molar-refractivity contribution in [3.8, 4) is 11.5 Å². The van der Waals surface area contributed by atoms with Crippen LogP contribution in [0.25, 0.3) is 11.5 Å². The van der Waals surface area contributed by atoms with Crippen LogP contribution in [0.5, 0.6) is 0 Å². The number of aromatic nitrogens is 2. The zero-order valence-electron chi connectivity index (χ0n) is 19.3. The molecule has 34 heavy (non-hydrogen) atoms. The summed E-state index contributed by atoms with van der Waals surface area (Å²) in [5, 5.41) is 12.3. The molecule has 0 unspecified atom stereocenters. The lowest BCUT2D eigenvalue weighted by atomic mass is 9.95. The molecule has 0 spiro atoms. The van der Waals surface area contributed by atoms with Crippen LogP contribution in [-0.2, 0) is 16.1 Å². The minimum absolute atomic E-state index is 0.120. The second kappa shape index (κ2) is 10.6. The lowest BCUT2D eigenvalue weighted by molar-refractivity contribution is -0.123. The number of carbonyl (C=O) groups is 3. The van der Waals surface area contributed by atoms with Gasteiger partial charge in [-0.1, -0.05) is 20.8 Å². The van der Waals surface area contributed by atoms with E-state index >= 15 is 0 Å². The lowest BCUT2D eigenvalue weighted by Gasteiger charge is -2.17. The first-order chi connectivity index (χ1) is 16.1. The number of hydrogen-bond donors (Lipinski definition) is 3. The molecule has 3 rings (SSSR count). The molecule has 10 nitrogen and oxygen atoms in total. The monoisotopic (exact) mass is 465 g/mol. The van der Waals surface area contributed by atoms with Gasteiger partial charge in [0.15, 0.2) is 5.76 Å². The molecule has 178 valence electrons. The van der Waals surface area contributed by atoms with E-state index in [9.17, 15) is 19.2 Å². The third-order valence-corrected chi connectivity index (χ3v) is 4.75. The van der Waals surface area contributed by atoms with Crippen LogP contribution in [0.1, 0.15) is 31.1 Å². The maximum absolute atomic E-state index is 12.3. The Balaban J connectivity index is 1.44. The molecule has 0 atom stereocenters. The summed E-state index contributed by atoms with van der Waals surface area (Å²) in [5.74, 6) is -0.363. The van der Waals surface area contributed by atoms with Gasteiger partial charge in [-0.15, -0.1) is 0 Å². The molecule has 0 aliphatic carbocycles. The summed E-state index contributed by atoms with van der Waals surface area (Å²) in [6.45, 7) is 5.56. The topological polar surface area (TPSA) is 135 Å². The van der Waals surface area contributed by atoms with E-state index in [1.54, 1.807) is 36.4 Å². The third kappa shape index (κ3) is 6.64. The highest BCUT2D eigenvalue weighted by Crippen LogP contribution is 2.18. The van der Waals surface area contributed by atoms with Gasteiger partial charge in [-0.25, -0.2) is 4.68 Å². The average molecular weight is 466 g/mol. The fourth-order valence-electron chi connectivity index (χ4n) is 2.81. The molecular weight excluding hydrogens is 438 g/mol. The number of nitrogens with zero attached hydrogens (tertiary/aromatic N) is 2. The SMILES string of the molecule is CC(C)(C)C(=O)Nc1ccc(C(=O)NCCNC(=O)Cn2nc(-c3ccco3)ccc2=O)cc1. The van der Waals surface area contributed by atoms with Gasteiger partial charge in [0, 0.05) is 35.8 Å². The Morgan fingerprint density at radius 1 is 0.971 bits per heavy atom. The molecule has 2 aromatic heterocycles. The van der Waals surface area contributed by atoms with Crippen molar-refractivity contribution in [2.75, 3.05) is 18.4 Å². The van der Waals surface area contributed by atoms with Gasteiger partial charge in [-0.3, -0.25) is 19.2 Å². The van der Waals surface area contributed by atoms with Crippen LogP contribution < -0.4 is 21.5 Å². The van der Waals surface area contributed by atoms with Gasteiger partial charge in [0.1, 0.15) is 12.2 Å². The maximum Gasteiger partial charge on any atom is 0.267 e. The number of anilines is 1. The summed E-state index contributed by atoms with van der Waals surface area (Å²) < 4.78 is 6.30. The Morgan fingerprint density at radius 2 is 1.68 bits per heavy atom. The van der Waals surface area contributed by atoms with Crippen LogP contribution in [-0.4, -0.2) is 40.6 Å².